The first-order chi connectivity index (χ1) is 5.10. The minimum absolute atomic E-state index is 0.507. The Morgan fingerprint density at radius 1 is 1.91 bits per heavy atom. The van der Waals surface area contributed by atoms with Crippen molar-refractivity contribution in [2.24, 2.45) is 5.73 Å². The van der Waals surface area contributed by atoms with Crippen molar-refractivity contribution in [3.63, 3.8) is 0 Å². The molecule has 0 saturated carbocycles. The predicted octanol–water partition coefficient (Wildman–Crippen LogP) is 0.808. The Balaban J connectivity index is 2.78. The molecule has 0 radical (unpaired) electrons. The molecule has 1 aliphatic heterocycles. The molecule has 3 N–H and O–H groups in total. The predicted molar refractivity (Wildman–Crippen MR) is 45.4 cm³/mol. The van der Waals surface area contributed by atoms with Gasteiger partial charge in [-0.25, -0.2) is 0 Å². The van der Waals surface area contributed by atoms with E-state index in [0.29, 0.717) is 6.42 Å². The molecule has 0 aliphatic carbocycles. The molecule has 2 atom stereocenters. The summed E-state index contributed by atoms with van der Waals surface area (Å²) in [7, 11) is 0. The number of rotatable bonds is 2. The highest BCUT2D eigenvalue weighted by Crippen LogP contribution is 2.33. The van der Waals surface area contributed by atoms with Gasteiger partial charge in [0.25, 0.3) is 0 Å². The Labute approximate surface area is 69.7 Å². The van der Waals surface area contributed by atoms with Gasteiger partial charge in [0.15, 0.2) is 0 Å². The summed E-state index contributed by atoms with van der Waals surface area (Å²) in [5.41, 5.74) is 5.17. The maximum atomic E-state index is 10.6. The van der Waals surface area contributed by atoms with Crippen molar-refractivity contribution < 1.29 is 9.90 Å². The maximum absolute atomic E-state index is 10.6. The van der Waals surface area contributed by atoms with Crippen molar-refractivity contribution >= 4 is 17.7 Å². The molecular formula is C7H11NO2S. The Morgan fingerprint density at radius 3 is 2.91 bits per heavy atom. The Morgan fingerprint density at radius 2 is 2.55 bits per heavy atom. The molecule has 0 aromatic rings. The van der Waals surface area contributed by atoms with Gasteiger partial charge in [-0.2, -0.15) is 0 Å². The molecule has 4 heteroatoms. The fraction of sp³-hybridized carbons (Fsp3) is 0.571. The largest absolute Gasteiger partial charge is 0.480 e. The normalized spacial score (nSPS) is 36.0. The van der Waals surface area contributed by atoms with E-state index in [4.69, 9.17) is 10.8 Å². The summed E-state index contributed by atoms with van der Waals surface area (Å²) in [4.78, 5) is 10.6. The van der Waals surface area contributed by atoms with E-state index >= 15 is 0 Å². The fourth-order valence-electron chi connectivity index (χ4n) is 1.05. The van der Waals surface area contributed by atoms with E-state index in [2.05, 4.69) is 0 Å². The first-order valence-corrected chi connectivity index (χ1v) is 4.39. The summed E-state index contributed by atoms with van der Waals surface area (Å²) in [6, 6.07) is 0. The van der Waals surface area contributed by atoms with Crippen LogP contribution in [0, 0.1) is 0 Å². The topological polar surface area (TPSA) is 63.3 Å². The van der Waals surface area contributed by atoms with Gasteiger partial charge in [0.05, 0.1) is 5.54 Å². The quantitative estimate of drug-likeness (QED) is 0.648. The summed E-state index contributed by atoms with van der Waals surface area (Å²) in [5.74, 6) is -0.829. The molecule has 0 aromatic carbocycles. The molecule has 0 fully saturated rings. The van der Waals surface area contributed by atoms with Crippen LogP contribution in [0.3, 0.4) is 0 Å². The number of hydrogen-bond donors (Lipinski definition) is 2. The number of carboxylic acid groups (broad SMARTS) is 1. The van der Waals surface area contributed by atoms with Crippen LogP contribution in [-0.4, -0.2) is 21.9 Å². The van der Waals surface area contributed by atoms with Crippen molar-refractivity contribution in [1.29, 1.82) is 0 Å². The van der Waals surface area contributed by atoms with Crippen LogP contribution in [-0.2, 0) is 4.79 Å². The molecule has 0 amide bonds. The Kier molecular flexibility index (Phi) is 2.25. The zero-order chi connectivity index (χ0) is 8.48. The molecule has 1 aliphatic rings. The molecule has 3 nitrogen and oxygen atoms in total. The van der Waals surface area contributed by atoms with Gasteiger partial charge in [-0.1, -0.05) is 13.0 Å². The third-order valence-corrected chi connectivity index (χ3v) is 3.12. The van der Waals surface area contributed by atoms with E-state index in [1.165, 1.54) is 11.8 Å². The van der Waals surface area contributed by atoms with Crippen LogP contribution in [0.15, 0.2) is 11.5 Å². The van der Waals surface area contributed by atoms with Crippen molar-refractivity contribution in [3.05, 3.63) is 11.5 Å². The summed E-state index contributed by atoms with van der Waals surface area (Å²) < 4.78 is 0. The van der Waals surface area contributed by atoms with Crippen LogP contribution >= 0.6 is 11.8 Å². The Hall–Kier alpha value is -0.480. The molecule has 11 heavy (non-hydrogen) atoms. The minimum atomic E-state index is -0.829. The highest BCUT2D eigenvalue weighted by atomic mass is 32.2. The lowest BCUT2D eigenvalue weighted by molar-refractivity contribution is -0.137. The van der Waals surface area contributed by atoms with Crippen LogP contribution in [0.25, 0.3) is 0 Å². The summed E-state index contributed by atoms with van der Waals surface area (Å²) in [6.07, 6.45) is 2.43. The van der Waals surface area contributed by atoms with Crippen molar-refractivity contribution in [3.8, 4) is 0 Å². The van der Waals surface area contributed by atoms with Gasteiger partial charge in [-0.15, -0.1) is 11.8 Å². The highest BCUT2D eigenvalue weighted by Gasteiger charge is 2.39. The van der Waals surface area contributed by atoms with E-state index in [-0.39, 0.29) is 0 Å². The van der Waals surface area contributed by atoms with Crippen LogP contribution in [0.1, 0.15) is 13.3 Å². The minimum Gasteiger partial charge on any atom is -0.480 e. The first-order valence-electron chi connectivity index (χ1n) is 3.45. The maximum Gasteiger partial charge on any atom is 0.319 e. The SMILES string of the molecule is CCC1(N)C=CSC1C(=O)O. The lowest BCUT2D eigenvalue weighted by atomic mass is 9.93. The number of nitrogens with two attached hydrogens (primary N) is 1. The number of carboxylic acids is 1. The van der Waals surface area contributed by atoms with Crippen molar-refractivity contribution in [2.75, 3.05) is 0 Å². The third-order valence-electron chi connectivity index (χ3n) is 1.92. The first kappa shape index (κ1) is 8.62. The second kappa shape index (κ2) is 2.87. The average molecular weight is 173 g/mol. The molecule has 1 heterocycles. The van der Waals surface area contributed by atoms with Gasteiger partial charge in [0.1, 0.15) is 5.25 Å². The highest BCUT2D eigenvalue weighted by molar-refractivity contribution is 8.03. The van der Waals surface area contributed by atoms with Crippen LogP contribution in [0.4, 0.5) is 0 Å². The molecule has 0 bridgehead atoms. The smallest absolute Gasteiger partial charge is 0.319 e. The van der Waals surface area contributed by atoms with Crippen LogP contribution in [0.5, 0.6) is 0 Å². The molecule has 2 unspecified atom stereocenters. The average Bonchev–Trinajstić information content (AvgIpc) is 2.32. The van der Waals surface area contributed by atoms with Crippen LogP contribution < -0.4 is 5.73 Å². The van der Waals surface area contributed by atoms with E-state index in [1.807, 2.05) is 6.92 Å². The fourth-order valence-corrected chi connectivity index (χ4v) is 2.15. The number of hydrogen-bond acceptors (Lipinski definition) is 3. The standard InChI is InChI=1S/C7H11NO2S/c1-2-7(8)3-4-11-5(7)6(9)10/h3-5H,2,8H2,1H3,(H,9,10). The number of carbonyl (C=O) groups is 1. The molecule has 1 rings (SSSR count). The van der Waals surface area contributed by atoms with Gasteiger partial charge in [0, 0.05) is 0 Å². The van der Waals surface area contributed by atoms with E-state index < -0.39 is 16.8 Å². The van der Waals surface area contributed by atoms with Gasteiger partial charge in [0.2, 0.25) is 0 Å². The second-order valence-electron chi connectivity index (χ2n) is 2.62. The van der Waals surface area contributed by atoms with E-state index in [0.717, 1.165) is 0 Å². The van der Waals surface area contributed by atoms with Gasteiger partial charge in [-0.3, -0.25) is 4.79 Å². The summed E-state index contributed by atoms with van der Waals surface area (Å²) in [5, 5.41) is 10.00. The summed E-state index contributed by atoms with van der Waals surface area (Å²) >= 11 is 1.28. The lowest BCUT2D eigenvalue weighted by Crippen LogP contribution is -2.48. The van der Waals surface area contributed by atoms with E-state index in [9.17, 15) is 4.79 Å². The number of thioether (sulfide) groups is 1. The Bertz CT molecular complexity index is 205. The molecule has 0 saturated heterocycles. The number of aliphatic carboxylic acids is 1. The molecule has 62 valence electrons. The lowest BCUT2D eigenvalue weighted by Gasteiger charge is -2.24. The zero-order valence-corrected chi connectivity index (χ0v) is 7.10. The van der Waals surface area contributed by atoms with Crippen LogP contribution in [0.2, 0.25) is 0 Å². The van der Waals surface area contributed by atoms with Gasteiger partial charge < -0.3 is 10.8 Å². The van der Waals surface area contributed by atoms with Crippen molar-refractivity contribution in [1.82, 2.24) is 0 Å². The zero-order valence-electron chi connectivity index (χ0n) is 6.28. The monoisotopic (exact) mass is 173 g/mol. The van der Waals surface area contributed by atoms with E-state index in [1.54, 1.807) is 11.5 Å². The van der Waals surface area contributed by atoms with Crippen molar-refractivity contribution in [2.45, 2.75) is 24.1 Å². The molecular weight excluding hydrogens is 162 g/mol. The molecule has 0 spiro atoms. The molecule has 0 aromatic heterocycles. The van der Waals surface area contributed by atoms with Gasteiger partial charge >= 0.3 is 5.97 Å². The third kappa shape index (κ3) is 1.41. The van der Waals surface area contributed by atoms with Gasteiger partial charge in [-0.05, 0) is 11.8 Å². The second-order valence-corrected chi connectivity index (χ2v) is 3.64. The summed E-state index contributed by atoms with van der Waals surface area (Å²) in [6.45, 7) is 1.90.